The molecule has 1 aromatic rings. The Hall–Kier alpha value is -2.19. The van der Waals surface area contributed by atoms with Crippen molar-refractivity contribution in [2.24, 2.45) is 0 Å². The van der Waals surface area contributed by atoms with Gasteiger partial charge < -0.3 is 10.0 Å². The third kappa shape index (κ3) is 4.28. The lowest BCUT2D eigenvalue weighted by atomic mass is 10.0. The summed E-state index contributed by atoms with van der Waals surface area (Å²) in [5.74, 6) is -0.417. The fourth-order valence-corrected chi connectivity index (χ4v) is 4.48. The van der Waals surface area contributed by atoms with Crippen LogP contribution in [0.5, 0.6) is 0 Å². The molecule has 2 N–H and O–H groups in total. The zero-order chi connectivity index (χ0) is 20.6. The normalized spacial score (nSPS) is 21.4. The Kier molecular flexibility index (Phi) is 5.63. The van der Waals surface area contributed by atoms with Crippen molar-refractivity contribution in [3.63, 3.8) is 0 Å². The lowest BCUT2D eigenvalue weighted by molar-refractivity contribution is -0.115. The van der Waals surface area contributed by atoms with Gasteiger partial charge in [-0.1, -0.05) is 17.7 Å². The third-order valence-electron chi connectivity index (χ3n) is 4.72. The molecule has 7 nitrogen and oxygen atoms in total. The van der Waals surface area contributed by atoms with E-state index in [-0.39, 0.29) is 6.04 Å². The molecular weight excluding hydrogens is 402 g/mol. The Morgan fingerprint density at radius 2 is 2.11 bits per heavy atom. The number of benzene rings is 1. The molecule has 2 saturated heterocycles. The van der Waals surface area contributed by atoms with Crippen LogP contribution in [0.1, 0.15) is 32.8 Å². The number of halogens is 1. The summed E-state index contributed by atoms with van der Waals surface area (Å²) in [6.07, 6.45) is 1.42. The molecule has 3 rings (SSSR count). The molecule has 9 heteroatoms. The van der Waals surface area contributed by atoms with E-state index in [2.05, 4.69) is 10.2 Å². The third-order valence-corrected chi connectivity index (χ3v) is 5.76. The first-order chi connectivity index (χ1) is 13.1. The largest absolute Gasteiger partial charge is 0.465 e. The zero-order valence-corrected chi connectivity index (χ0v) is 17.4. The predicted molar refractivity (Wildman–Crippen MR) is 111 cm³/mol. The molecule has 3 amide bonds. The number of carbonyl (C=O) groups is 3. The van der Waals surface area contributed by atoms with Gasteiger partial charge in [0.25, 0.3) is 11.1 Å². The maximum atomic E-state index is 11.9. The lowest BCUT2D eigenvalue weighted by Crippen LogP contribution is -2.52. The Morgan fingerprint density at radius 1 is 1.39 bits per heavy atom. The molecule has 2 fully saturated rings. The second-order valence-electron chi connectivity index (χ2n) is 7.77. The summed E-state index contributed by atoms with van der Waals surface area (Å²) in [4.78, 5) is 39.0. The quantitative estimate of drug-likeness (QED) is 0.713. The number of rotatable bonds is 3. The maximum Gasteiger partial charge on any atom is 0.408 e. The minimum atomic E-state index is -0.940. The van der Waals surface area contributed by atoms with Crippen molar-refractivity contribution < 1.29 is 19.5 Å². The van der Waals surface area contributed by atoms with Crippen molar-refractivity contribution in [3.8, 4) is 0 Å². The molecule has 0 bridgehead atoms. The van der Waals surface area contributed by atoms with Crippen LogP contribution in [0.2, 0.25) is 5.02 Å². The van der Waals surface area contributed by atoms with E-state index in [9.17, 15) is 19.5 Å². The van der Waals surface area contributed by atoms with Gasteiger partial charge in [-0.2, -0.15) is 0 Å². The SMILES string of the molecule is CC(C)(C)N(C(=O)O)[C@H]1CCN(c2cc(Cl)ccc2C=C2SC(=O)NC2=O)C1. The van der Waals surface area contributed by atoms with E-state index in [0.717, 1.165) is 23.0 Å². The van der Waals surface area contributed by atoms with Gasteiger partial charge in [0, 0.05) is 29.3 Å². The highest BCUT2D eigenvalue weighted by molar-refractivity contribution is 8.18. The summed E-state index contributed by atoms with van der Waals surface area (Å²) in [5.41, 5.74) is 1.06. The van der Waals surface area contributed by atoms with E-state index in [1.165, 1.54) is 4.90 Å². The second-order valence-corrected chi connectivity index (χ2v) is 9.22. The van der Waals surface area contributed by atoms with Gasteiger partial charge in [-0.15, -0.1) is 0 Å². The minimum Gasteiger partial charge on any atom is -0.465 e. The van der Waals surface area contributed by atoms with Gasteiger partial charge in [0.15, 0.2) is 0 Å². The van der Waals surface area contributed by atoms with E-state index >= 15 is 0 Å². The van der Waals surface area contributed by atoms with Crippen molar-refractivity contribution >= 4 is 52.4 Å². The number of nitrogens with one attached hydrogen (secondary N) is 1. The van der Waals surface area contributed by atoms with Crippen molar-refractivity contribution in [2.45, 2.75) is 38.8 Å². The summed E-state index contributed by atoms with van der Waals surface area (Å²) in [7, 11) is 0. The number of thioether (sulfide) groups is 1. The summed E-state index contributed by atoms with van der Waals surface area (Å²) >= 11 is 7.06. The fourth-order valence-electron chi connectivity index (χ4n) is 3.64. The van der Waals surface area contributed by atoms with Gasteiger partial charge in [0.1, 0.15) is 0 Å². The molecular formula is C19H22ClN3O4S. The summed E-state index contributed by atoms with van der Waals surface area (Å²) in [6, 6.07) is 5.18. The number of amides is 3. The van der Waals surface area contributed by atoms with Crippen molar-refractivity contribution in [1.82, 2.24) is 10.2 Å². The number of hydrogen-bond donors (Lipinski definition) is 2. The number of carboxylic acid groups (broad SMARTS) is 1. The highest BCUT2D eigenvalue weighted by Gasteiger charge is 2.37. The standard InChI is InChI=1S/C19H22ClN3O4S/c1-19(2,3)23(18(26)27)13-6-7-22(10-13)14-9-12(20)5-4-11(14)8-15-16(24)21-17(25)28-15/h4-5,8-9,13H,6-7,10H2,1-3H3,(H,26,27)(H,21,24,25)/t13-/m0/s1. The van der Waals surface area contributed by atoms with Crippen LogP contribution in [-0.2, 0) is 4.79 Å². The number of hydrogen-bond acceptors (Lipinski definition) is 5. The Morgan fingerprint density at radius 3 is 2.68 bits per heavy atom. The fraction of sp³-hybridized carbons (Fsp3) is 0.421. The van der Waals surface area contributed by atoms with E-state index in [1.807, 2.05) is 20.8 Å². The average molecular weight is 424 g/mol. The smallest absolute Gasteiger partial charge is 0.408 e. The Balaban J connectivity index is 1.89. The van der Waals surface area contributed by atoms with E-state index in [1.54, 1.807) is 24.3 Å². The highest BCUT2D eigenvalue weighted by Crippen LogP contribution is 2.34. The topological polar surface area (TPSA) is 90.0 Å². The minimum absolute atomic E-state index is 0.150. The second kappa shape index (κ2) is 7.67. The molecule has 150 valence electrons. The van der Waals surface area contributed by atoms with Gasteiger partial charge in [0.2, 0.25) is 0 Å². The molecule has 2 aliphatic rings. The molecule has 0 aromatic heterocycles. The molecule has 1 aromatic carbocycles. The van der Waals surface area contributed by atoms with Crippen LogP contribution < -0.4 is 10.2 Å². The number of nitrogens with zero attached hydrogens (tertiary/aromatic N) is 2. The summed E-state index contributed by atoms with van der Waals surface area (Å²) < 4.78 is 0. The summed E-state index contributed by atoms with van der Waals surface area (Å²) in [6.45, 7) is 6.83. The van der Waals surface area contributed by atoms with Crippen LogP contribution >= 0.6 is 23.4 Å². The lowest BCUT2D eigenvalue weighted by Gasteiger charge is -2.38. The van der Waals surface area contributed by atoms with Crippen LogP contribution in [0.25, 0.3) is 6.08 Å². The number of imide groups is 1. The molecule has 0 unspecified atom stereocenters. The molecule has 0 spiro atoms. The first-order valence-corrected chi connectivity index (χ1v) is 10.1. The van der Waals surface area contributed by atoms with Crippen molar-refractivity contribution in [2.75, 3.05) is 18.0 Å². The molecule has 0 saturated carbocycles. The van der Waals surface area contributed by atoms with Gasteiger partial charge in [0.05, 0.1) is 10.9 Å². The van der Waals surface area contributed by atoms with Crippen LogP contribution in [0.3, 0.4) is 0 Å². The molecule has 2 heterocycles. The maximum absolute atomic E-state index is 11.9. The summed E-state index contributed by atoms with van der Waals surface area (Å²) in [5, 5.41) is 12.1. The van der Waals surface area contributed by atoms with Crippen LogP contribution in [0, 0.1) is 0 Å². The van der Waals surface area contributed by atoms with Gasteiger partial charge in [-0.05, 0) is 62.7 Å². The Labute approximate surface area is 172 Å². The van der Waals surface area contributed by atoms with Crippen molar-refractivity contribution in [3.05, 3.63) is 33.7 Å². The van der Waals surface area contributed by atoms with Gasteiger partial charge in [-0.3, -0.25) is 19.8 Å². The predicted octanol–water partition coefficient (Wildman–Crippen LogP) is 4.02. The molecule has 1 atom stereocenters. The monoisotopic (exact) mass is 423 g/mol. The van der Waals surface area contributed by atoms with Crippen LogP contribution in [0.15, 0.2) is 23.1 Å². The zero-order valence-electron chi connectivity index (χ0n) is 15.9. The van der Waals surface area contributed by atoms with E-state index in [4.69, 9.17) is 11.6 Å². The van der Waals surface area contributed by atoms with Gasteiger partial charge in [-0.25, -0.2) is 4.79 Å². The van der Waals surface area contributed by atoms with Gasteiger partial charge >= 0.3 is 6.09 Å². The highest BCUT2D eigenvalue weighted by atomic mass is 35.5. The van der Waals surface area contributed by atoms with Crippen LogP contribution in [0.4, 0.5) is 15.3 Å². The van der Waals surface area contributed by atoms with Crippen molar-refractivity contribution in [1.29, 1.82) is 0 Å². The molecule has 0 aliphatic carbocycles. The number of anilines is 1. The average Bonchev–Trinajstić information content (AvgIpc) is 3.14. The molecule has 2 aliphatic heterocycles. The first kappa shape index (κ1) is 20.5. The van der Waals surface area contributed by atoms with E-state index in [0.29, 0.717) is 29.4 Å². The van der Waals surface area contributed by atoms with Crippen LogP contribution in [-0.4, -0.2) is 51.9 Å². The molecule has 28 heavy (non-hydrogen) atoms. The first-order valence-electron chi connectivity index (χ1n) is 8.88. The number of carbonyl (C=O) groups excluding carboxylic acids is 2. The Bertz CT molecular complexity index is 865. The van der Waals surface area contributed by atoms with E-state index < -0.39 is 22.8 Å². The molecule has 0 radical (unpaired) electrons.